The fourth-order valence-electron chi connectivity index (χ4n) is 1.67. The molecule has 90 valence electrons. The standard InChI is InChI=1S/C13H14ClNO2/c1-3-9-4-10(6-13(16)17-2)12(8-15)5-11(9)7-14/h4-5H,3,6-7H2,1-2H3. The van der Waals surface area contributed by atoms with Crippen molar-refractivity contribution < 1.29 is 9.53 Å². The Balaban J connectivity index is 3.20. The quantitative estimate of drug-likeness (QED) is 0.610. The van der Waals surface area contributed by atoms with Gasteiger partial charge in [-0.1, -0.05) is 13.0 Å². The Morgan fingerprint density at radius 3 is 2.59 bits per heavy atom. The normalized spacial score (nSPS) is 9.76. The molecule has 1 rings (SSSR count). The summed E-state index contributed by atoms with van der Waals surface area (Å²) in [5, 5.41) is 9.04. The van der Waals surface area contributed by atoms with E-state index >= 15 is 0 Å². The molecule has 0 saturated heterocycles. The first-order valence-corrected chi connectivity index (χ1v) is 5.87. The van der Waals surface area contributed by atoms with Crippen LogP contribution in [-0.2, 0) is 28.3 Å². The third-order valence-corrected chi connectivity index (χ3v) is 2.92. The minimum atomic E-state index is -0.345. The first kappa shape index (κ1) is 13.5. The Bertz CT molecular complexity index is 463. The van der Waals surface area contributed by atoms with Gasteiger partial charge in [0.05, 0.1) is 25.2 Å². The van der Waals surface area contributed by atoms with E-state index in [-0.39, 0.29) is 12.4 Å². The maximum absolute atomic E-state index is 11.2. The fraction of sp³-hybridized carbons (Fsp3) is 0.385. The molecular formula is C13H14ClNO2. The molecule has 17 heavy (non-hydrogen) atoms. The Hall–Kier alpha value is -1.53. The van der Waals surface area contributed by atoms with E-state index in [9.17, 15) is 4.79 Å². The molecule has 0 bridgehead atoms. The number of nitrogens with zero attached hydrogens (tertiary/aromatic N) is 1. The fourth-order valence-corrected chi connectivity index (χ4v) is 1.92. The Kier molecular flexibility index (Phi) is 4.99. The van der Waals surface area contributed by atoms with Gasteiger partial charge in [0.25, 0.3) is 0 Å². The number of rotatable bonds is 4. The second kappa shape index (κ2) is 6.27. The summed E-state index contributed by atoms with van der Waals surface area (Å²) >= 11 is 5.82. The minimum Gasteiger partial charge on any atom is -0.469 e. The van der Waals surface area contributed by atoms with Crippen LogP contribution in [-0.4, -0.2) is 13.1 Å². The van der Waals surface area contributed by atoms with Crippen molar-refractivity contribution in [1.29, 1.82) is 5.26 Å². The molecule has 0 amide bonds. The van der Waals surface area contributed by atoms with Crippen LogP contribution >= 0.6 is 11.6 Å². The van der Waals surface area contributed by atoms with Crippen molar-refractivity contribution in [2.24, 2.45) is 0 Å². The number of carbonyl (C=O) groups excluding carboxylic acids is 1. The lowest BCUT2D eigenvalue weighted by Gasteiger charge is -2.10. The lowest BCUT2D eigenvalue weighted by Crippen LogP contribution is -2.07. The lowest BCUT2D eigenvalue weighted by atomic mass is 9.96. The average Bonchev–Trinajstić information content (AvgIpc) is 2.37. The zero-order valence-electron chi connectivity index (χ0n) is 9.92. The molecule has 0 aliphatic heterocycles. The molecule has 0 atom stereocenters. The number of carbonyl (C=O) groups is 1. The van der Waals surface area contributed by atoms with Crippen LogP contribution in [0.4, 0.5) is 0 Å². The van der Waals surface area contributed by atoms with Crippen molar-refractivity contribution in [2.45, 2.75) is 25.6 Å². The number of ether oxygens (including phenoxy) is 1. The van der Waals surface area contributed by atoms with Crippen molar-refractivity contribution in [3.05, 3.63) is 34.4 Å². The number of hydrogen-bond acceptors (Lipinski definition) is 3. The highest BCUT2D eigenvalue weighted by molar-refractivity contribution is 6.17. The maximum Gasteiger partial charge on any atom is 0.310 e. The van der Waals surface area contributed by atoms with Crippen LogP contribution in [0.15, 0.2) is 12.1 Å². The largest absolute Gasteiger partial charge is 0.469 e. The van der Waals surface area contributed by atoms with E-state index in [4.69, 9.17) is 16.9 Å². The van der Waals surface area contributed by atoms with Crippen molar-refractivity contribution in [2.75, 3.05) is 7.11 Å². The van der Waals surface area contributed by atoms with Crippen LogP contribution in [0.25, 0.3) is 0 Å². The molecule has 0 radical (unpaired) electrons. The van der Waals surface area contributed by atoms with Gasteiger partial charge in [0.2, 0.25) is 0 Å². The van der Waals surface area contributed by atoms with Crippen LogP contribution < -0.4 is 0 Å². The van der Waals surface area contributed by atoms with E-state index in [1.54, 1.807) is 6.07 Å². The summed E-state index contributed by atoms with van der Waals surface area (Å²) in [5.41, 5.74) is 3.20. The van der Waals surface area contributed by atoms with Gasteiger partial charge in [-0.2, -0.15) is 5.26 Å². The molecule has 3 nitrogen and oxygen atoms in total. The van der Waals surface area contributed by atoms with Crippen molar-refractivity contribution in [1.82, 2.24) is 0 Å². The molecule has 0 N–H and O–H groups in total. The lowest BCUT2D eigenvalue weighted by molar-refractivity contribution is -0.139. The average molecular weight is 252 g/mol. The Morgan fingerprint density at radius 1 is 1.41 bits per heavy atom. The molecule has 1 aromatic rings. The smallest absolute Gasteiger partial charge is 0.310 e. The van der Waals surface area contributed by atoms with Gasteiger partial charge in [-0.05, 0) is 29.2 Å². The second-order valence-corrected chi connectivity index (χ2v) is 3.90. The van der Waals surface area contributed by atoms with E-state index in [0.717, 1.165) is 17.5 Å². The molecule has 0 aliphatic carbocycles. The molecule has 0 aromatic heterocycles. The highest BCUT2D eigenvalue weighted by Gasteiger charge is 2.12. The van der Waals surface area contributed by atoms with Crippen LogP contribution in [0.2, 0.25) is 0 Å². The van der Waals surface area contributed by atoms with E-state index in [1.807, 2.05) is 13.0 Å². The zero-order valence-corrected chi connectivity index (χ0v) is 10.7. The van der Waals surface area contributed by atoms with E-state index in [2.05, 4.69) is 10.8 Å². The van der Waals surface area contributed by atoms with Gasteiger partial charge in [0.15, 0.2) is 0 Å². The summed E-state index contributed by atoms with van der Waals surface area (Å²) in [4.78, 5) is 11.2. The van der Waals surface area contributed by atoms with E-state index in [0.29, 0.717) is 17.0 Å². The highest BCUT2D eigenvalue weighted by atomic mass is 35.5. The van der Waals surface area contributed by atoms with Crippen molar-refractivity contribution in [3.63, 3.8) is 0 Å². The van der Waals surface area contributed by atoms with E-state index < -0.39 is 0 Å². The van der Waals surface area contributed by atoms with Crippen LogP contribution in [0.3, 0.4) is 0 Å². The summed E-state index contributed by atoms with van der Waals surface area (Å²) in [7, 11) is 1.34. The van der Waals surface area contributed by atoms with Gasteiger partial charge in [-0.3, -0.25) is 4.79 Å². The molecular weight excluding hydrogens is 238 g/mol. The third-order valence-electron chi connectivity index (χ3n) is 2.63. The summed E-state index contributed by atoms with van der Waals surface area (Å²) < 4.78 is 4.61. The number of aryl methyl sites for hydroxylation is 1. The van der Waals surface area contributed by atoms with Gasteiger partial charge in [0, 0.05) is 5.88 Å². The van der Waals surface area contributed by atoms with Gasteiger partial charge >= 0.3 is 5.97 Å². The molecule has 0 fully saturated rings. The number of methoxy groups -OCH3 is 1. The van der Waals surface area contributed by atoms with Gasteiger partial charge in [-0.25, -0.2) is 0 Å². The summed E-state index contributed by atoms with van der Waals surface area (Å²) in [6.07, 6.45) is 0.941. The highest BCUT2D eigenvalue weighted by Crippen LogP contribution is 2.20. The monoisotopic (exact) mass is 251 g/mol. The van der Waals surface area contributed by atoms with Crippen molar-refractivity contribution in [3.8, 4) is 6.07 Å². The number of alkyl halides is 1. The second-order valence-electron chi connectivity index (χ2n) is 3.63. The summed E-state index contributed by atoms with van der Waals surface area (Å²) in [6.45, 7) is 2.01. The molecule has 0 saturated carbocycles. The molecule has 0 heterocycles. The van der Waals surface area contributed by atoms with Gasteiger partial charge in [0.1, 0.15) is 0 Å². The number of esters is 1. The summed E-state index contributed by atoms with van der Waals surface area (Å²) in [5.74, 6) is 0.0262. The minimum absolute atomic E-state index is 0.120. The topological polar surface area (TPSA) is 50.1 Å². The molecule has 0 aliphatic rings. The Labute approximate surface area is 106 Å². The predicted octanol–water partition coefficient (Wildman–Crippen LogP) is 2.57. The van der Waals surface area contributed by atoms with E-state index in [1.165, 1.54) is 7.11 Å². The number of benzene rings is 1. The van der Waals surface area contributed by atoms with Crippen LogP contribution in [0.5, 0.6) is 0 Å². The van der Waals surface area contributed by atoms with Crippen molar-refractivity contribution >= 4 is 17.6 Å². The van der Waals surface area contributed by atoms with Crippen LogP contribution in [0, 0.1) is 11.3 Å². The third kappa shape index (κ3) is 3.21. The Morgan fingerprint density at radius 2 is 2.12 bits per heavy atom. The molecule has 1 aromatic carbocycles. The number of hydrogen-bond donors (Lipinski definition) is 0. The number of nitriles is 1. The molecule has 0 unspecified atom stereocenters. The molecule has 0 spiro atoms. The van der Waals surface area contributed by atoms with Gasteiger partial charge in [-0.15, -0.1) is 11.6 Å². The summed E-state index contributed by atoms with van der Waals surface area (Å²) in [6, 6.07) is 5.71. The maximum atomic E-state index is 11.2. The zero-order chi connectivity index (χ0) is 12.8. The van der Waals surface area contributed by atoms with Gasteiger partial charge < -0.3 is 4.74 Å². The SMILES string of the molecule is CCc1cc(CC(=O)OC)c(C#N)cc1CCl. The number of halogens is 1. The van der Waals surface area contributed by atoms with Crippen LogP contribution in [0.1, 0.15) is 29.2 Å². The first-order valence-electron chi connectivity index (χ1n) is 5.33. The first-order chi connectivity index (χ1) is 8.15. The molecule has 4 heteroatoms. The predicted molar refractivity (Wildman–Crippen MR) is 65.8 cm³/mol.